The summed E-state index contributed by atoms with van der Waals surface area (Å²) >= 11 is 0. The van der Waals surface area contributed by atoms with Crippen LogP contribution in [0.5, 0.6) is 0 Å². The van der Waals surface area contributed by atoms with E-state index in [9.17, 15) is 9.59 Å². The average molecular weight is 323 g/mol. The summed E-state index contributed by atoms with van der Waals surface area (Å²) in [5.74, 6) is -0.670. The molecule has 1 aliphatic heterocycles. The Bertz CT molecular complexity index is 417. The highest BCUT2D eigenvalue weighted by Crippen LogP contribution is 2.31. The Morgan fingerprint density at radius 1 is 0.783 bits per heavy atom. The van der Waals surface area contributed by atoms with Crippen molar-refractivity contribution in [3.05, 3.63) is 0 Å². The summed E-state index contributed by atoms with van der Waals surface area (Å²) in [6, 6.07) is 0. The first-order chi connectivity index (χ1) is 11.1. The molecule has 0 aromatic carbocycles. The van der Waals surface area contributed by atoms with Crippen LogP contribution < -0.4 is 0 Å². The van der Waals surface area contributed by atoms with Gasteiger partial charge in [-0.2, -0.15) is 0 Å². The molecule has 0 radical (unpaired) electrons. The minimum Gasteiger partial charge on any atom is -0.481 e. The molecule has 1 saturated heterocycles. The topological polar surface area (TPSA) is 66.8 Å². The van der Waals surface area contributed by atoms with Crippen molar-refractivity contribution in [2.75, 3.05) is 13.1 Å². The van der Waals surface area contributed by atoms with Crippen LogP contribution in [0.3, 0.4) is 0 Å². The van der Waals surface area contributed by atoms with Crippen LogP contribution in [-0.2, 0) is 14.3 Å². The van der Waals surface area contributed by atoms with Gasteiger partial charge in [0.25, 0.3) is 0 Å². The number of aliphatic carboxylic acids is 1. The van der Waals surface area contributed by atoms with E-state index in [-0.39, 0.29) is 17.7 Å². The summed E-state index contributed by atoms with van der Waals surface area (Å²) < 4.78 is 6.16. The Labute approximate surface area is 138 Å². The lowest BCUT2D eigenvalue weighted by molar-refractivity contribution is -0.146. The summed E-state index contributed by atoms with van der Waals surface area (Å²) in [5.41, 5.74) is 0. The van der Waals surface area contributed by atoms with E-state index in [4.69, 9.17) is 9.84 Å². The Morgan fingerprint density at radius 2 is 1.30 bits per heavy atom. The molecule has 3 fully saturated rings. The first kappa shape index (κ1) is 16.7. The molecule has 3 aliphatic rings. The predicted molar refractivity (Wildman–Crippen MR) is 86.0 cm³/mol. The lowest BCUT2D eigenvalue weighted by atomic mass is 9.81. The highest BCUT2D eigenvalue weighted by atomic mass is 16.5. The van der Waals surface area contributed by atoms with E-state index >= 15 is 0 Å². The van der Waals surface area contributed by atoms with Crippen LogP contribution in [0.1, 0.15) is 64.2 Å². The molecule has 0 atom stereocenters. The molecule has 2 saturated carbocycles. The number of piperidine rings is 1. The molecule has 0 aromatic heterocycles. The Morgan fingerprint density at radius 3 is 1.87 bits per heavy atom. The van der Waals surface area contributed by atoms with Gasteiger partial charge in [0.05, 0.1) is 18.1 Å². The molecule has 0 aromatic rings. The van der Waals surface area contributed by atoms with Gasteiger partial charge in [0.15, 0.2) is 0 Å². The van der Waals surface area contributed by atoms with Gasteiger partial charge in [-0.3, -0.25) is 9.59 Å². The van der Waals surface area contributed by atoms with E-state index in [1.807, 2.05) is 4.90 Å². The molecule has 130 valence electrons. The lowest BCUT2D eigenvalue weighted by Gasteiger charge is -2.36. The van der Waals surface area contributed by atoms with Crippen molar-refractivity contribution < 1.29 is 19.4 Å². The molecule has 5 heteroatoms. The number of hydrogen-bond acceptors (Lipinski definition) is 3. The van der Waals surface area contributed by atoms with Gasteiger partial charge in [0.1, 0.15) is 0 Å². The number of hydrogen-bond donors (Lipinski definition) is 1. The number of carboxylic acids is 1. The quantitative estimate of drug-likeness (QED) is 0.864. The normalized spacial score (nSPS) is 30.5. The molecular weight excluding hydrogens is 294 g/mol. The Kier molecular flexibility index (Phi) is 5.57. The van der Waals surface area contributed by atoms with Crippen LogP contribution in [0.15, 0.2) is 0 Å². The number of carbonyl (C=O) groups excluding carboxylic acids is 1. The van der Waals surface area contributed by atoms with Crippen molar-refractivity contribution in [2.45, 2.75) is 76.4 Å². The van der Waals surface area contributed by atoms with Crippen molar-refractivity contribution >= 4 is 11.9 Å². The van der Waals surface area contributed by atoms with Crippen LogP contribution >= 0.6 is 0 Å². The van der Waals surface area contributed by atoms with E-state index in [1.165, 1.54) is 25.7 Å². The monoisotopic (exact) mass is 323 g/mol. The molecule has 1 amide bonds. The number of rotatable bonds is 4. The zero-order valence-corrected chi connectivity index (χ0v) is 13.9. The van der Waals surface area contributed by atoms with Gasteiger partial charge in [-0.1, -0.05) is 12.8 Å². The number of carbonyl (C=O) groups is 2. The van der Waals surface area contributed by atoms with Crippen molar-refractivity contribution in [3.63, 3.8) is 0 Å². The largest absolute Gasteiger partial charge is 0.481 e. The van der Waals surface area contributed by atoms with Crippen molar-refractivity contribution in [1.82, 2.24) is 4.90 Å². The van der Waals surface area contributed by atoms with Gasteiger partial charge < -0.3 is 14.7 Å². The molecule has 1 heterocycles. The van der Waals surface area contributed by atoms with Crippen molar-refractivity contribution in [2.24, 2.45) is 11.8 Å². The first-order valence-corrected chi connectivity index (χ1v) is 9.30. The average Bonchev–Trinajstić information content (AvgIpc) is 3.08. The third-order valence-corrected chi connectivity index (χ3v) is 5.87. The molecule has 1 N–H and O–H groups in total. The highest BCUT2D eigenvalue weighted by Gasteiger charge is 2.34. The number of carboxylic acid groups (broad SMARTS) is 1. The van der Waals surface area contributed by atoms with Crippen molar-refractivity contribution in [3.8, 4) is 0 Å². The molecule has 3 rings (SSSR count). The van der Waals surface area contributed by atoms with Crippen molar-refractivity contribution in [1.29, 1.82) is 0 Å². The van der Waals surface area contributed by atoms with Gasteiger partial charge in [-0.05, 0) is 51.4 Å². The summed E-state index contributed by atoms with van der Waals surface area (Å²) in [5, 5.41) is 9.05. The fourth-order valence-corrected chi connectivity index (χ4v) is 4.35. The van der Waals surface area contributed by atoms with Crippen LogP contribution in [0, 0.1) is 11.8 Å². The molecular formula is C18H29NO4. The second kappa shape index (κ2) is 7.65. The second-order valence-electron chi connectivity index (χ2n) is 7.45. The summed E-state index contributed by atoms with van der Waals surface area (Å²) in [7, 11) is 0. The van der Waals surface area contributed by atoms with Gasteiger partial charge in [-0.15, -0.1) is 0 Å². The molecule has 0 bridgehead atoms. The lowest BCUT2D eigenvalue weighted by Crippen LogP contribution is -2.45. The predicted octanol–water partition coefficient (Wildman–Crippen LogP) is 2.83. The molecule has 2 aliphatic carbocycles. The third-order valence-electron chi connectivity index (χ3n) is 5.87. The zero-order chi connectivity index (χ0) is 16.2. The minimum absolute atomic E-state index is 0.0397. The highest BCUT2D eigenvalue weighted by molar-refractivity contribution is 5.79. The summed E-state index contributed by atoms with van der Waals surface area (Å²) in [6.45, 7) is 1.60. The Balaban J connectivity index is 1.40. The maximum atomic E-state index is 12.6. The van der Waals surface area contributed by atoms with Gasteiger partial charge in [0, 0.05) is 19.0 Å². The summed E-state index contributed by atoms with van der Waals surface area (Å²) in [6.07, 6.45) is 10.4. The zero-order valence-electron chi connectivity index (χ0n) is 13.9. The standard InChI is InChI=1S/C18H29NO4/c20-17(13-5-7-14(8-6-13)18(21)22)19-11-9-16(10-12-19)23-15-3-1-2-4-15/h13-16H,1-12H2,(H,21,22). The van der Waals surface area contributed by atoms with E-state index in [0.717, 1.165) is 38.8 Å². The number of nitrogens with zero attached hydrogens (tertiary/aromatic N) is 1. The first-order valence-electron chi connectivity index (χ1n) is 9.30. The second-order valence-corrected chi connectivity index (χ2v) is 7.45. The van der Waals surface area contributed by atoms with E-state index in [0.29, 0.717) is 25.0 Å². The minimum atomic E-state index is -0.708. The third kappa shape index (κ3) is 4.25. The van der Waals surface area contributed by atoms with E-state index < -0.39 is 5.97 Å². The SMILES string of the molecule is O=C(O)C1CCC(C(=O)N2CCC(OC3CCCC3)CC2)CC1. The van der Waals surface area contributed by atoms with Crippen LogP contribution in [0.25, 0.3) is 0 Å². The fourth-order valence-electron chi connectivity index (χ4n) is 4.35. The van der Waals surface area contributed by atoms with Crippen LogP contribution in [0.4, 0.5) is 0 Å². The van der Waals surface area contributed by atoms with E-state index in [2.05, 4.69) is 0 Å². The number of amides is 1. The van der Waals surface area contributed by atoms with Crippen LogP contribution in [0.2, 0.25) is 0 Å². The molecule has 5 nitrogen and oxygen atoms in total. The Hall–Kier alpha value is -1.10. The van der Waals surface area contributed by atoms with Crippen LogP contribution in [-0.4, -0.2) is 47.2 Å². The maximum absolute atomic E-state index is 12.6. The summed E-state index contributed by atoms with van der Waals surface area (Å²) in [4.78, 5) is 25.6. The van der Waals surface area contributed by atoms with Gasteiger partial charge in [0.2, 0.25) is 5.91 Å². The molecule has 23 heavy (non-hydrogen) atoms. The fraction of sp³-hybridized carbons (Fsp3) is 0.889. The molecule has 0 unspecified atom stereocenters. The van der Waals surface area contributed by atoms with Gasteiger partial charge in [-0.25, -0.2) is 0 Å². The smallest absolute Gasteiger partial charge is 0.306 e. The molecule has 0 spiro atoms. The maximum Gasteiger partial charge on any atom is 0.306 e. The van der Waals surface area contributed by atoms with E-state index in [1.54, 1.807) is 0 Å². The van der Waals surface area contributed by atoms with Gasteiger partial charge >= 0.3 is 5.97 Å². The number of likely N-dealkylation sites (tertiary alicyclic amines) is 1. The number of ether oxygens (including phenoxy) is 1.